The van der Waals surface area contributed by atoms with E-state index in [0.717, 1.165) is 12.3 Å². The third kappa shape index (κ3) is 3.85. The van der Waals surface area contributed by atoms with Crippen molar-refractivity contribution < 1.29 is 22.8 Å². The third-order valence-electron chi connectivity index (χ3n) is 2.50. The normalized spacial score (nSPS) is 11.1. The molecule has 10 heteroatoms. The van der Waals surface area contributed by atoms with E-state index in [1.165, 1.54) is 12.3 Å². The fourth-order valence-electron chi connectivity index (χ4n) is 1.45. The SMILES string of the molecule is O=C(NNC(=O)c1cc(Br)c[nH]1)c1ccc(C(F)(F)F)nc1. The Hall–Kier alpha value is -2.36. The molecule has 6 nitrogen and oxygen atoms in total. The van der Waals surface area contributed by atoms with Gasteiger partial charge in [-0.15, -0.1) is 0 Å². The summed E-state index contributed by atoms with van der Waals surface area (Å²) in [6.07, 6.45) is -2.28. The molecule has 0 aliphatic rings. The smallest absolute Gasteiger partial charge is 0.356 e. The van der Waals surface area contributed by atoms with Crippen LogP contribution >= 0.6 is 15.9 Å². The lowest BCUT2D eigenvalue weighted by atomic mass is 10.2. The molecule has 2 amide bonds. The molecule has 0 bridgehead atoms. The van der Waals surface area contributed by atoms with Crippen molar-refractivity contribution in [3.05, 3.63) is 52.0 Å². The topological polar surface area (TPSA) is 86.9 Å². The molecule has 0 spiro atoms. The molecule has 0 aliphatic heterocycles. The molecule has 0 unspecified atom stereocenters. The van der Waals surface area contributed by atoms with Gasteiger partial charge in [0.1, 0.15) is 11.4 Å². The Morgan fingerprint density at radius 1 is 1.18 bits per heavy atom. The number of pyridine rings is 1. The molecule has 2 heterocycles. The summed E-state index contributed by atoms with van der Waals surface area (Å²) in [5.74, 6) is -1.40. The molecule has 3 N–H and O–H groups in total. The van der Waals surface area contributed by atoms with Gasteiger partial charge in [0.25, 0.3) is 11.8 Å². The van der Waals surface area contributed by atoms with E-state index in [0.29, 0.717) is 10.5 Å². The number of amides is 2. The van der Waals surface area contributed by atoms with E-state index < -0.39 is 23.7 Å². The maximum atomic E-state index is 12.3. The molecule has 0 fully saturated rings. The highest BCUT2D eigenvalue weighted by Gasteiger charge is 2.32. The number of aromatic nitrogens is 2. The third-order valence-corrected chi connectivity index (χ3v) is 2.96. The number of hydrogen-bond donors (Lipinski definition) is 3. The van der Waals surface area contributed by atoms with Crippen LogP contribution in [0.25, 0.3) is 0 Å². The van der Waals surface area contributed by atoms with Crippen molar-refractivity contribution >= 4 is 27.7 Å². The number of alkyl halides is 3. The second-order valence-electron chi connectivity index (χ2n) is 4.07. The summed E-state index contributed by atoms with van der Waals surface area (Å²) >= 11 is 3.14. The van der Waals surface area contributed by atoms with Gasteiger partial charge >= 0.3 is 6.18 Å². The van der Waals surface area contributed by atoms with E-state index in [9.17, 15) is 22.8 Å². The molecular formula is C12H8BrF3N4O2. The van der Waals surface area contributed by atoms with Crippen LogP contribution in [0.4, 0.5) is 13.2 Å². The van der Waals surface area contributed by atoms with E-state index >= 15 is 0 Å². The maximum Gasteiger partial charge on any atom is 0.433 e. The fraction of sp³-hybridized carbons (Fsp3) is 0.0833. The van der Waals surface area contributed by atoms with Crippen molar-refractivity contribution in [1.29, 1.82) is 0 Å². The Bertz CT molecular complexity index is 697. The minimum absolute atomic E-state index is 0.124. The zero-order valence-corrected chi connectivity index (χ0v) is 12.2. The summed E-state index contributed by atoms with van der Waals surface area (Å²) in [5, 5.41) is 0. The van der Waals surface area contributed by atoms with Gasteiger partial charge in [-0.2, -0.15) is 13.2 Å². The first kappa shape index (κ1) is 16.0. The molecule has 0 saturated heterocycles. The number of rotatable bonds is 2. The van der Waals surface area contributed by atoms with Gasteiger partial charge in [0.2, 0.25) is 0 Å². The summed E-state index contributed by atoms with van der Waals surface area (Å²) in [7, 11) is 0. The molecule has 2 aromatic rings. The van der Waals surface area contributed by atoms with Gasteiger partial charge in [-0.05, 0) is 34.1 Å². The standard InChI is InChI=1S/C12H8BrF3N4O2/c13-7-3-8(17-5-7)11(22)20-19-10(21)6-1-2-9(18-4-6)12(14,15)16/h1-5,17H,(H,19,21)(H,20,22). The van der Waals surface area contributed by atoms with Crippen LogP contribution in [-0.4, -0.2) is 21.8 Å². The Labute approximate surface area is 130 Å². The monoisotopic (exact) mass is 376 g/mol. The zero-order chi connectivity index (χ0) is 16.3. The van der Waals surface area contributed by atoms with Gasteiger partial charge in [-0.25, -0.2) is 0 Å². The lowest BCUT2D eigenvalue weighted by molar-refractivity contribution is -0.141. The summed E-state index contributed by atoms with van der Waals surface area (Å²) in [5.41, 5.74) is 3.15. The van der Waals surface area contributed by atoms with E-state index in [-0.39, 0.29) is 11.3 Å². The summed E-state index contributed by atoms with van der Waals surface area (Å²) < 4.78 is 37.7. The van der Waals surface area contributed by atoms with Crippen LogP contribution in [0.5, 0.6) is 0 Å². The quantitative estimate of drug-likeness (QED) is 0.702. The van der Waals surface area contributed by atoms with Crippen LogP contribution in [0.3, 0.4) is 0 Å². The molecule has 0 radical (unpaired) electrons. The van der Waals surface area contributed by atoms with Crippen LogP contribution in [0.15, 0.2) is 35.1 Å². The number of nitrogens with one attached hydrogen (secondary N) is 3. The number of carbonyl (C=O) groups excluding carboxylic acids is 2. The predicted molar refractivity (Wildman–Crippen MR) is 72.7 cm³/mol. The number of aromatic amines is 1. The predicted octanol–water partition coefficient (Wildman–Crippen LogP) is 2.27. The van der Waals surface area contributed by atoms with Gasteiger partial charge in [-0.3, -0.25) is 25.4 Å². The van der Waals surface area contributed by atoms with Gasteiger partial charge in [0.15, 0.2) is 0 Å². The minimum atomic E-state index is -4.58. The first-order valence-electron chi connectivity index (χ1n) is 5.75. The summed E-state index contributed by atoms with van der Waals surface area (Å²) in [6.45, 7) is 0. The first-order chi connectivity index (χ1) is 10.3. The molecule has 0 aliphatic carbocycles. The average molecular weight is 377 g/mol. The van der Waals surface area contributed by atoms with Crippen LogP contribution in [0, 0.1) is 0 Å². The van der Waals surface area contributed by atoms with Crippen molar-refractivity contribution in [3.63, 3.8) is 0 Å². The second-order valence-corrected chi connectivity index (χ2v) is 4.99. The van der Waals surface area contributed by atoms with Gasteiger partial charge in [0, 0.05) is 16.9 Å². The number of H-pyrrole nitrogens is 1. The number of hydrazine groups is 1. The average Bonchev–Trinajstić information content (AvgIpc) is 2.90. The van der Waals surface area contributed by atoms with Crippen molar-refractivity contribution in [3.8, 4) is 0 Å². The van der Waals surface area contributed by atoms with Crippen molar-refractivity contribution in [2.45, 2.75) is 6.18 Å². The number of halogens is 4. The lowest BCUT2D eigenvalue weighted by Crippen LogP contribution is -2.41. The number of carbonyl (C=O) groups is 2. The molecule has 0 atom stereocenters. The highest BCUT2D eigenvalue weighted by atomic mass is 79.9. The van der Waals surface area contributed by atoms with Gasteiger partial charge < -0.3 is 4.98 Å². The summed E-state index contributed by atoms with van der Waals surface area (Å²) in [6, 6.07) is 3.13. The van der Waals surface area contributed by atoms with Crippen LogP contribution in [0.2, 0.25) is 0 Å². The highest BCUT2D eigenvalue weighted by Crippen LogP contribution is 2.27. The molecule has 0 saturated carbocycles. The molecule has 0 aromatic carbocycles. The maximum absolute atomic E-state index is 12.3. The number of nitrogens with zero attached hydrogens (tertiary/aromatic N) is 1. The van der Waals surface area contributed by atoms with E-state index in [4.69, 9.17) is 0 Å². The molecule has 2 rings (SSSR count). The van der Waals surface area contributed by atoms with E-state index in [2.05, 4.69) is 36.7 Å². The van der Waals surface area contributed by atoms with Crippen LogP contribution in [-0.2, 0) is 6.18 Å². The largest absolute Gasteiger partial charge is 0.433 e. The lowest BCUT2D eigenvalue weighted by Gasteiger charge is -2.08. The van der Waals surface area contributed by atoms with Crippen molar-refractivity contribution in [2.75, 3.05) is 0 Å². The van der Waals surface area contributed by atoms with Crippen LogP contribution < -0.4 is 10.9 Å². The second kappa shape index (κ2) is 6.18. The van der Waals surface area contributed by atoms with Crippen molar-refractivity contribution in [1.82, 2.24) is 20.8 Å². The number of hydrogen-bond acceptors (Lipinski definition) is 3. The van der Waals surface area contributed by atoms with Gasteiger partial charge in [-0.1, -0.05) is 0 Å². The minimum Gasteiger partial charge on any atom is -0.356 e. The Balaban J connectivity index is 1.96. The Morgan fingerprint density at radius 3 is 2.36 bits per heavy atom. The van der Waals surface area contributed by atoms with Gasteiger partial charge in [0.05, 0.1) is 5.56 Å². The van der Waals surface area contributed by atoms with Crippen molar-refractivity contribution in [2.24, 2.45) is 0 Å². The van der Waals surface area contributed by atoms with E-state index in [1.54, 1.807) is 0 Å². The molecule has 2 aromatic heterocycles. The van der Waals surface area contributed by atoms with Crippen LogP contribution in [0.1, 0.15) is 26.5 Å². The van der Waals surface area contributed by atoms with E-state index in [1.807, 2.05) is 0 Å². The Morgan fingerprint density at radius 2 is 1.86 bits per heavy atom. The Kier molecular flexibility index (Phi) is 4.50. The first-order valence-corrected chi connectivity index (χ1v) is 6.54. The molecule has 116 valence electrons. The molecule has 22 heavy (non-hydrogen) atoms. The highest BCUT2D eigenvalue weighted by molar-refractivity contribution is 9.10. The zero-order valence-electron chi connectivity index (χ0n) is 10.7. The summed E-state index contributed by atoms with van der Waals surface area (Å²) in [4.78, 5) is 29.1. The fourth-order valence-corrected chi connectivity index (χ4v) is 1.79. The molecular weight excluding hydrogens is 369 g/mol.